The van der Waals surface area contributed by atoms with E-state index >= 15 is 0 Å². The van der Waals surface area contributed by atoms with Crippen molar-refractivity contribution in [1.29, 1.82) is 0 Å². The molecule has 152 valence electrons. The molecule has 1 N–H and O–H groups in total. The number of aromatic nitrogens is 4. The predicted molar refractivity (Wildman–Crippen MR) is 121 cm³/mol. The van der Waals surface area contributed by atoms with E-state index in [0.29, 0.717) is 22.0 Å². The van der Waals surface area contributed by atoms with Gasteiger partial charge in [0, 0.05) is 22.8 Å². The number of nitrogens with one attached hydrogen (secondary N) is 1. The minimum absolute atomic E-state index is 0.289. The van der Waals surface area contributed by atoms with Gasteiger partial charge in [0.2, 0.25) is 0 Å². The lowest BCUT2D eigenvalue weighted by Gasteiger charge is -2.09. The zero-order valence-electron chi connectivity index (χ0n) is 16.3. The molecule has 0 atom stereocenters. The number of anilines is 2. The molecule has 4 aromatic rings. The molecule has 0 saturated carbocycles. The lowest BCUT2D eigenvalue weighted by molar-refractivity contribution is 0.588. The van der Waals surface area contributed by atoms with Crippen molar-refractivity contribution in [3.05, 3.63) is 71.5 Å². The number of rotatable bonds is 5. The van der Waals surface area contributed by atoms with Crippen LogP contribution in [0.25, 0.3) is 23.4 Å². The Morgan fingerprint density at radius 2 is 1.87 bits per heavy atom. The third-order valence-electron chi connectivity index (χ3n) is 4.51. The Morgan fingerprint density at radius 3 is 2.57 bits per heavy atom. The standard InChI is InChI=1S/C21H18ClFN5OP/c1-30(2,29)15-8-6-14(7-9-15)27-20-19-21(25-12-24-20)28(13-26-19)11-10-16-17(22)4-3-5-18(16)23/h3-13H,1-2H3,(H,24,25,27)/b11-10+. The summed E-state index contributed by atoms with van der Waals surface area (Å²) in [6, 6.07) is 11.9. The van der Waals surface area contributed by atoms with Gasteiger partial charge in [-0.1, -0.05) is 17.7 Å². The lowest BCUT2D eigenvalue weighted by atomic mass is 10.2. The first kappa shape index (κ1) is 20.3. The number of halogens is 2. The summed E-state index contributed by atoms with van der Waals surface area (Å²) in [4.78, 5) is 12.9. The van der Waals surface area contributed by atoms with Crippen molar-refractivity contribution >= 4 is 59.0 Å². The van der Waals surface area contributed by atoms with Crippen LogP contribution in [0.3, 0.4) is 0 Å². The fraction of sp³-hybridized carbons (Fsp3) is 0.0952. The second kappa shape index (κ2) is 8.01. The SMILES string of the molecule is CP(C)(=O)c1ccc(Nc2ncnc3c2ncn3/C=C/c2c(F)cccc2Cl)cc1. The zero-order chi connectivity index (χ0) is 21.3. The predicted octanol–water partition coefficient (Wildman–Crippen LogP) is 5.24. The van der Waals surface area contributed by atoms with Crippen LogP contribution >= 0.6 is 18.7 Å². The van der Waals surface area contributed by atoms with E-state index in [4.69, 9.17) is 11.6 Å². The molecular weight excluding hydrogens is 424 g/mol. The van der Waals surface area contributed by atoms with Crippen molar-refractivity contribution in [3.63, 3.8) is 0 Å². The maximum atomic E-state index is 14.0. The average Bonchev–Trinajstić information content (AvgIpc) is 3.12. The Kier molecular flexibility index (Phi) is 5.41. The summed E-state index contributed by atoms with van der Waals surface area (Å²) in [5, 5.41) is 4.34. The van der Waals surface area contributed by atoms with Crippen LogP contribution in [0.15, 0.2) is 55.1 Å². The van der Waals surface area contributed by atoms with Crippen LogP contribution in [0.4, 0.5) is 15.9 Å². The molecule has 2 aromatic heterocycles. The van der Waals surface area contributed by atoms with Crippen LogP contribution in [0, 0.1) is 5.82 Å². The van der Waals surface area contributed by atoms with E-state index in [0.717, 1.165) is 11.0 Å². The summed E-state index contributed by atoms with van der Waals surface area (Å²) in [6.07, 6.45) is 6.21. The molecule has 0 bridgehead atoms. The summed E-state index contributed by atoms with van der Waals surface area (Å²) in [5.74, 6) is 0.118. The van der Waals surface area contributed by atoms with Gasteiger partial charge in [-0.25, -0.2) is 19.3 Å². The van der Waals surface area contributed by atoms with Gasteiger partial charge in [0.05, 0.1) is 5.02 Å². The molecule has 6 nitrogen and oxygen atoms in total. The minimum atomic E-state index is -2.31. The highest BCUT2D eigenvalue weighted by Crippen LogP contribution is 2.35. The molecule has 0 radical (unpaired) electrons. The first-order valence-corrected chi connectivity index (χ1v) is 12.0. The van der Waals surface area contributed by atoms with Crippen LogP contribution in [0.1, 0.15) is 5.56 Å². The third-order valence-corrected chi connectivity index (χ3v) is 6.38. The molecule has 0 amide bonds. The number of imidazole rings is 1. The van der Waals surface area contributed by atoms with Gasteiger partial charge in [0.15, 0.2) is 17.0 Å². The summed E-state index contributed by atoms with van der Waals surface area (Å²) in [5.41, 5.74) is 2.19. The maximum Gasteiger partial charge on any atom is 0.169 e. The molecule has 4 rings (SSSR count). The van der Waals surface area contributed by atoms with Crippen molar-refractivity contribution in [2.24, 2.45) is 0 Å². The van der Waals surface area contributed by atoms with Crippen LogP contribution in [0.2, 0.25) is 5.02 Å². The number of nitrogens with zero attached hydrogens (tertiary/aromatic N) is 4. The first-order valence-electron chi connectivity index (χ1n) is 9.05. The smallest absolute Gasteiger partial charge is 0.169 e. The Labute approximate surface area is 177 Å². The molecule has 30 heavy (non-hydrogen) atoms. The topological polar surface area (TPSA) is 72.7 Å². The van der Waals surface area contributed by atoms with Crippen molar-refractivity contribution in [2.75, 3.05) is 18.6 Å². The largest absolute Gasteiger partial charge is 0.338 e. The van der Waals surface area contributed by atoms with E-state index < -0.39 is 13.0 Å². The quantitative estimate of drug-likeness (QED) is 0.429. The Morgan fingerprint density at radius 1 is 1.10 bits per heavy atom. The number of hydrogen-bond donors (Lipinski definition) is 1. The highest BCUT2D eigenvalue weighted by Gasteiger charge is 2.12. The third kappa shape index (κ3) is 4.13. The molecule has 2 aromatic carbocycles. The normalized spacial score (nSPS) is 12.0. The molecule has 2 heterocycles. The van der Waals surface area contributed by atoms with Gasteiger partial charge in [-0.05, 0) is 55.8 Å². The molecule has 0 aliphatic rings. The number of fused-ring (bicyclic) bond motifs is 1. The lowest BCUT2D eigenvalue weighted by Crippen LogP contribution is -2.03. The summed E-state index contributed by atoms with van der Waals surface area (Å²) >= 11 is 6.07. The number of hydrogen-bond acceptors (Lipinski definition) is 5. The maximum absolute atomic E-state index is 14.0. The highest BCUT2D eigenvalue weighted by molar-refractivity contribution is 7.70. The first-order chi connectivity index (χ1) is 14.3. The molecule has 0 saturated heterocycles. The van der Waals surface area contributed by atoms with E-state index in [1.54, 1.807) is 48.6 Å². The fourth-order valence-electron chi connectivity index (χ4n) is 2.92. The second-order valence-corrected chi connectivity index (χ2v) is 10.6. The van der Waals surface area contributed by atoms with Crippen molar-refractivity contribution in [1.82, 2.24) is 19.5 Å². The molecular formula is C21H18ClFN5OP. The van der Waals surface area contributed by atoms with Crippen LogP contribution in [-0.4, -0.2) is 32.8 Å². The Balaban J connectivity index is 1.64. The molecule has 0 aliphatic carbocycles. The monoisotopic (exact) mass is 441 g/mol. The van der Waals surface area contributed by atoms with Crippen LogP contribution in [-0.2, 0) is 4.57 Å². The zero-order valence-corrected chi connectivity index (χ0v) is 17.9. The van der Waals surface area contributed by atoms with Gasteiger partial charge < -0.3 is 9.88 Å². The molecule has 0 unspecified atom stereocenters. The van der Waals surface area contributed by atoms with E-state index in [9.17, 15) is 8.96 Å². The van der Waals surface area contributed by atoms with Crippen LogP contribution in [0.5, 0.6) is 0 Å². The van der Waals surface area contributed by atoms with Gasteiger partial charge in [0.1, 0.15) is 25.6 Å². The van der Waals surface area contributed by atoms with E-state index in [-0.39, 0.29) is 5.56 Å². The van der Waals surface area contributed by atoms with E-state index in [1.165, 1.54) is 12.4 Å². The highest BCUT2D eigenvalue weighted by atomic mass is 35.5. The van der Waals surface area contributed by atoms with Gasteiger partial charge in [-0.2, -0.15) is 0 Å². The molecule has 0 spiro atoms. The molecule has 0 fully saturated rings. The van der Waals surface area contributed by atoms with E-state index in [2.05, 4.69) is 20.3 Å². The van der Waals surface area contributed by atoms with Gasteiger partial charge in [-0.3, -0.25) is 4.57 Å². The second-order valence-electron chi connectivity index (χ2n) is 7.02. The summed E-state index contributed by atoms with van der Waals surface area (Å²) in [7, 11) is -2.31. The van der Waals surface area contributed by atoms with Gasteiger partial charge >= 0.3 is 0 Å². The Hall–Kier alpha value is -3.02. The van der Waals surface area contributed by atoms with Crippen molar-refractivity contribution in [3.8, 4) is 0 Å². The van der Waals surface area contributed by atoms with Crippen molar-refractivity contribution < 1.29 is 8.96 Å². The van der Waals surface area contributed by atoms with E-state index in [1.807, 2.05) is 24.3 Å². The molecule has 9 heteroatoms. The fourth-order valence-corrected chi connectivity index (χ4v) is 4.01. The minimum Gasteiger partial charge on any atom is -0.338 e. The average molecular weight is 442 g/mol. The van der Waals surface area contributed by atoms with Gasteiger partial charge in [-0.15, -0.1) is 0 Å². The van der Waals surface area contributed by atoms with Crippen molar-refractivity contribution in [2.45, 2.75) is 0 Å². The Bertz CT molecular complexity index is 1280. The molecule has 0 aliphatic heterocycles. The summed E-state index contributed by atoms with van der Waals surface area (Å²) in [6.45, 7) is 3.47. The van der Waals surface area contributed by atoms with Crippen LogP contribution < -0.4 is 10.6 Å². The number of benzene rings is 2. The summed E-state index contributed by atoms with van der Waals surface area (Å²) < 4.78 is 27.8. The van der Waals surface area contributed by atoms with Gasteiger partial charge in [0.25, 0.3) is 0 Å².